The summed E-state index contributed by atoms with van der Waals surface area (Å²) in [6.07, 6.45) is -0.903. The standard InChI is InChI=1S/C18H20N2O3/c1-3-19-18(22)20-17(21)16(14-10-5-4-6-11-14)23-15-12-8-7-9-13(15)2/h4-12,16H,3H2,1-2H3,(H2,19,20,21,22)/t16-/m0/s1. The summed E-state index contributed by atoms with van der Waals surface area (Å²) >= 11 is 0. The molecule has 0 aliphatic heterocycles. The number of carbonyl (C=O) groups excluding carboxylic acids is 2. The Kier molecular flexibility index (Phi) is 5.74. The highest BCUT2D eigenvalue weighted by Crippen LogP contribution is 2.25. The van der Waals surface area contributed by atoms with E-state index in [-0.39, 0.29) is 0 Å². The predicted molar refractivity (Wildman–Crippen MR) is 88.2 cm³/mol. The van der Waals surface area contributed by atoms with Crippen LogP contribution in [0.15, 0.2) is 54.6 Å². The van der Waals surface area contributed by atoms with Gasteiger partial charge in [-0.1, -0.05) is 48.5 Å². The van der Waals surface area contributed by atoms with Crippen LogP contribution in [0.5, 0.6) is 5.75 Å². The van der Waals surface area contributed by atoms with Crippen LogP contribution in [0.1, 0.15) is 24.2 Å². The maximum atomic E-state index is 12.4. The van der Waals surface area contributed by atoms with Crippen molar-refractivity contribution in [2.45, 2.75) is 20.0 Å². The summed E-state index contributed by atoms with van der Waals surface area (Å²) in [4.78, 5) is 24.1. The molecule has 0 radical (unpaired) electrons. The van der Waals surface area contributed by atoms with Crippen molar-refractivity contribution in [1.82, 2.24) is 10.6 Å². The molecule has 2 N–H and O–H groups in total. The number of imide groups is 1. The number of benzene rings is 2. The van der Waals surface area contributed by atoms with Gasteiger partial charge in [0.25, 0.3) is 5.91 Å². The lowest BCUT2D eigenvalue weighted by Gasteiger charge is -2.20. The second-order valence-corrected chi connectivity index (χ2v) is 5.02. The van der Waals surface area contributed by atoms with E-state index in [1.165, 1.54) is 0 Å². The topological polar surface area (TPSA) is 67.4 Å². The molecule has 0 bridgehead atoms. The van der Waals surface area contributed by atoms with Crippen LogP contribution in [-0.4, -0.2) is 18.5 Å². The molecule has 5 nitrogen and oxygen atoms in total. The van der Waals surface area contributed by atoms with Crippen molar-refractivity contribution in [3.8, 4) is 5.75 Å². The molecule has 0 aliphatic carbocycles. The van der Waals surface area contributed by atoms with Gasteiger partial charge in [-0.3, -0.25) is 10.1 Å². The Morgan fingerprint density at radius 2 is 1.70 bits per heavy atom. The Bertz CT molecular complexity index is 671. The van der Waals surface area contributed by atoms with Gasteiger partial charge in [-0.2, -0.15) is 0 Å². The first-order chi connectivity index (χ1) is 11.1. The third-order valence-electron chi connectivity index (χ3n) is 3.25. The van der Waals surface area contributed by atoms with Crippen molar-refractivity contribution < 1.29 is 14.3 Å². The lowest BCUT2D eigenvalue weighted by atomic mass is 10.1. The summed E-state index contributed by atoms with van der Waals surface area (Å²) in [6, 6.07) is 16.0. The van der Waals surface area contributed by atoms with Crippen LogP contribution >= 0.6 is 0 Å². The molecule has 23 heavy (non-hydrogen) atoms. The van der Waals surface area contributed by atoms with Gasteiger partial charge in [0.15, 0.2) is 0 Å². The van der Waals surface area contributed by atoms with Crippen molar-refractivity contribution in [3.63, 3.8) is 0 Å². The van der Waals surface area contributed by atoms with Gasteiger partial charge in [-0.05, 0) is 25.5 Å². The highest BCUT2D eigenvalue weighted by molar-refractivity contribution is 5.97. The quantitative estimate of drug-likeness (QED) is 0.892. The smallest absolute Gasteiger partial charge is 0.321 e. The number of hydrogen-bond donors (Lipinski definition) is 2. The summed E-state index contributed by atoms with van der Waals surface area (Å²) in [6.45, 7) is 4.12. The number of para-hydroxylation sites is 1. The van der Waals surface area contributed by atoms with Gasteiger partial charge in [-0.25, -0.2) is 4.79 Å². The summed E-state index contributed by atoms with van der Waals surface area (Å²) in [7, 11) is 0. The molecule has 0 unspecified atom stereocenters. The van der Waals surface area contributed by atoms with Crippen molar-refractivity contribution in [1.29, 1.82) is 0 Å². The fourth-order valence-electron chi connectivity index (χ4n) is 2.10. The van der Waals surface area contributed by atoms with Gasteiger partial charge in [-0.15, -0.1) is 0 Å². The second kappa shape index (κ2) is 7.98. The Hall–Kier alpha value is -2.82. The van der Waals surface area contributed by atoms with Crippen LogP contribution in [0.4, 0.5) is 4.79 Å². The number of hydrogen-bond acceptors (Lipinski definition) is 3. The number of carbonyl (C=O) groups is 2. The zero-order chi connectivity index (χ0) is 16.7. The number of urea groups is 1. The van der Waals surface area contributed by atoms with E-state index in [9.17, 15) is 9.59 Å². The highest BCUT2D eigenvalue weighted by atomic mass is 16.5. The molecule has 0 heterocycles. The number of amides is 3. The highest BCUT2D eigenvalue weighted by Gasteiger charge is 2.24. The molecule has 1 atom stereocenters. The minimum atomic E-state index is -0.903. The van der Waals surface area contributed by atoms with Gasteiger partial charge in [0.05, 0.1) is 0 Å². The molecular formula is C18H20N2O3. The Morgan fingerprint density at radius 3 is 2.35 bits per heavy atom. The molecule has 0 aliphatic rings. The monoisotopic (exact) mass is 312 g/mol. The van der Waals surface area contributed by atoms with Gasteiger partial charge in [0.1, 0.15) is 5.75 Å². The third kappa shape index (κ3) is 4.57. The lowest BCUT2D eigenvalue weighted by Crippen LogP contribution is -2.42. The third-order valence-corrected chi connectivity index (χ3v) is 3.25. The molecule has 2 aromatic rings. The second-order valence-electron chi connectivity index (χ2n) is 5.02. The predicted octanol–water partition coefficient (Wildman–Crippen LogP) is 2.96. The van der Waals surface area contributed by atoms with E-state index in [2.05, 4.69) is 10.6 Å². The van der Waals surface area contributed by atoms with E-state index in [1.54, 1.807) is 25.1 Å². The van der Waals surface area contributed by atoms with Gasteiger partial charge < -0.3 is 10.1 Å². The van der Waals surface area contributed by atoms with E-state index in [1.807, 2.05) is 43.3 Å². The molecule has 3 amide bonds. The zero-order valence-corrected chi connectivity index (χ0v) is 13.2. The van der Waals surface area contributed by atoms with Gasteiger partial charge in [0, 0.05) is 12.1 Å². The molecule has 2 aromatic carbocycles. The van der Waals surface area contributed by atoms with Crippen molar-refractivity contribution in [3.05, 3.63) is 65.7 Å². The maximum Gasteiger partial charge on any atom is 0.321 e. The van der Waals surface area contributed by atoms with Crippen molar-refractivity contribution in [2.75, 3.05) is 6.54 Å². The van der Waals surface area contributed by atoms with Crippen LogP contribution in [0.25, 0.3) is 0 Å². The Morgan fingerprint density at radius 1 is 1.04 bits per heavy atom. The van der Waals surface area contributed by atoms with Crippen LogP contribution in [0, 0.1) is 6.92 Å². The van der Waals surface area contributed by atoms with Crippen LogP contribution in [0.3, 0.4) is 0 Å². The zero-order valence-electron chi connectivity index (χ0n) is 13.2. The first kappa shape index (κ1) is 16.5. The average molecular weight is 312 g/mol. The number of ether oxygens (including phenoxy) is 1. The summed E-state index contributed by atoms with van der Waals surface area (Å²) < 4.78 is 5.88. The fourth-order valence-corrected chi connectivity index (χ4v) is 2.10. The summed E-state index contributed by atoms with van der Waals surface area (Å²) in [5.74, 6) is 0.0952. The average Bonchev–Trinajstić information content (AvgIpc) is 2.55. The first-order valence-corrected chi connectivity index (χ1v) is 7.47. The maximum absolute atomic E-state index is 12.4. The number of nitrogens with one attached hydrogen (secondary N) is 2. The molecule has 120 valence electrons. The van der Waals surface area contributed by atoms with E-state index in [0.717, 1.165) is 5.56 Å². The van der Waals surface area contributed by atoms with E-state index in [0.29, 0.717) is 17.9 Å². The normalized spacial score (nSPS) is 11.4. The van der Waals surface area contributed by atoms with Crippen molar-refractivity contribution in [2.24, 2.45) is 0 Å². The fraction of sp³-hybridized carbons (Fsp3) is 0.222. The minimum absolute atomic E-state index is 0.438. The molecule has 0 spiro atoms. The largest absolute Gasteiger partial charge is 0.476 e. The summed E-state index contributed by atoms with van der Waals surface area (Å²) in [5.41, 5.74) is 1.59. The molecule has 0 saturated carbocycles. The summed E-state index contributed by atoms with van der Waals surface area (Å²) in [5, 5.41) is 4.84. The van der Waals surface area contributed by atoms with Gasteiger partial charge in [0.2, 0.25) is 6.10 Å². The molecule has 0 saturated heterocycles. The van der Waals surface area contributed by atoms with Gasteiger partial charge >= 0.3 is 6.03 Å². The Labute approximate surface area is 135 Å². The lowest BCUT2D eigenvalue weighted by molar-refractivity contribution is -0.127. The van der Waals surface area contributed by atoms with E-state index >= 15 is 0 Å². The molecule has 5 heteroatoms. The molecular weight excluding hydrogens is 292 g/mol. The van der Waals surface area contributed by atoms with Crippen molar-refractivity contribution >= 4 is 11.9 Å². The Balaban J connectivity index is 2.24. The SMILES string of the molecule is CCNC(=O)NC(=O)[C@@H](Oc1ccccc1C)c1ccccc1. The molecule has 2 rings (SSSR count). The van der Waals surface area contributed by atoms with E-state index in [4.69, 9.17) is 4.74 Å². The van der Waals surface area contributed by atoms with E-state index < -0.39 is 18.0 Å². The van der Waals surface area contributed by atoms with Crippen LogP contribution < -0.4 is 15.4 Å². The number of aryl methyl sites for hydroxylation is 1. The number of rotatable bonds is 5. The molecule has 0 aromatic heterocycles. The minimum Gasteiger partial charge on any atom is -0.476 e. The van der Waals surface area contributed by atoms with Crippen LogP contribution in [0.2, 0.25) is 0 Å². The first-order valence-electron chi connectivity index (χ1n) is 7.47. The van der Waals surface area contributed by atoms with Crippen LogP contribution in [-0.2, 0) is 4.79 Å². The molecule has 0 fully saturated rings.